The lowest BCUT2D eigenvalue weighted by molar-refractivity contribution is -0.181. The Kier molecular flexibility index (Phi) is 9.07. The highest BCUT2D eigenvalue weighted by Crippen LogP contribution is 2.49. The number of ether oxygens (including phenoxy) is 1. The van der Waals surface area contributed by atoms with Crippen LogP contribution in [0.1, 0.15) is 24.8 Å². The van der Waals surface area contributed by atoms with Gasteiger partial charge < -0.3 is 34.8 Å². The van der Waals surface area contributed by atoms with Crippen LogP contribution in [0.5, 0.6) is 0 Å². The quantitative estimate of drug-likeness (QED) is 0.447. The Labute approximate surface area is 231 Å². The number of nitrogens with zero attached hydrogens (tertiary/aromatic N) is 3. The summed E-state index contributed by atoms with van der Waals surface area (Å²) >= 11 is 1.51. The molecular formula is C28H36F3N3O4S. The number of anilines is 2. The molecule has 214 valence electrons. The number of rotatable bonds is 8. The van der Waals surface area contributed by atoms with Crippen molar-refractivity contribution in [1.82, 2.24) is 9.80 Å². The average Bonchev–Trinajstić information content (AvgIpc) is 2.93. The zero-order chi connectivity index (χ0) is 27.6. The van der Waals surface area contributed by atoms with E-state index < -0.39 is 30.1 Å². The number of halogens is 3. The molecular weight excluding hydrogens is 531 g/mol. The molecule has 2 fully saturated rings. The molecule has 0 bridgehead atoms. The molecule has 0 aromatic heterocycles. The maximum Gasteiger partial charge on any atom is 0.416 e. The fourth-order valence-corrected chi connectivity index (χ4v) is 6.71. The van der Waals surface area contributed by atoms with Crippen molar-refractivity contribution in [1.29, 1.82) is 0 Å². The van der Waals surface area contributed by atoms with E-state index in [9.17, 15) is 28.5 Å². The van der Waals surface area contributed by atoms with E-state index in [1.165, 1.54) is 17.8 Å². The predicted molar refractivity (Wildman–Crippen MR) is 144 cm³/mol. The predicted octanol–water partition coefficient (Wildman–Crippen LogP) is 3.58. The molecule has 0 aliphatic carbocycles. The highest BCUT2D eigenvalue weighted by molar-refractivity contribution is 7.99. The van der Waals surface area contributed by atoms with Gasteiger partial charge in [0.2, 0.25) is 0 Å². The molecule has 7 nitrogen and oxygen atoms in total. The summed E-state index contributed by atoms with van der Waals surface area (Å²) in [6.45, 7) is 5.63. The maximum absolute atomic E-state index is 13.5. The van der Waals surface area contributed by atoms with Gasteiger partial charge in [-0.3, -0.25) is 0 Å². The first kappa shape index (κ1) is 28.7. The van der Waals surface area contributed by atoms with Crippen LogP contribution in [0.3, 0.4) is 0 Å². The Balaban J connectivity index is 1.12. The van der Waals surface area contributed by atoms with Crippen LogP contribution in [0.4, 0.5) is 24.5 Å². The smallest absolute Gasteiger partial charge is 0.394 e. The highest BCUT2D eigenvalue weighted by Gasteiger charge is 2.36. The Morgan fingerprint density at radius 2 is 1.59 bits per heavy atom. The molecule has 0 amide bonds. The summed E-state index contributed by atoms with van der Waals surface area (Å²) in [6, 6.07) is 11.9. The highest BCUT2D eigenvalue weighted by atomic mass is 32.2. The third-order valence-corrected chi connectivity index (χ3v) is 9.00. The summed E-state index contributed by atoms with van der Waals surface area (Å²) in [5.41, 5.74) is 0.938. The summed E-state index contributed by atoms with van der Waals surface area (Å²) in [5.74, 6) is 0. The van der Waals surface area contributed by atoms with Gasteiger partial charge in [0.1, 0.15) is 12.2 Å². The van der Waals surface area contributed by atoms with Crippen molar-refractivity contribution in [2.75, 3.05) is 57.3 Å². The molecule has 0 radical (unpaired) electrons. The number of para-hydroxylation sites is 1. The van der Waals surface area contributed by atoms with E-state index in [1.807, 2.05) is 29.2 Å². The van der Waals surface area contributed by atoms with Gasteiger partial charge in [0.05, 0.1) is 35.8 Å². The third kappa shape index (κ3) is 6.73. The van der Waals surface area contributed by atoms with Crippen molar-refractivity contribution >= 4 is 23.1 Å². The summed E-state index contributed by atoms with van der Waals surface area (Å²) < 4.78 is 46.1. The molecule has 0 saturated carbocycles. The standard InChI is InChI=1S/C28H36F3N3O4S/c29-28(30,31)19-6-7-26-22(16-19)34(21-4-1-2-5-25(21)39-26)10-3-9-32-12-14-33(15-13-32)11-8-20-17-23(36)27(37)24(18-35)38-20/h1-2,4-7,16,20,23-24,27,35-37H,3,8-15,17-18H2/t20-,23?,24?,27+/m1/s1. The molecule has 2 aromatic rings. The number of alkyl halides is 3. The van der Waals surface area contributed by atoms with Crippen molar-refractivity contribution in [3.8, 4) is 0 Å². The van der Waals surface area contributed by atoms with Crippen molar-refractivity contribution in [2.45, 2.75) is 59.6 Å². The Bertz CT molecular complexity index is 1120. The average molecular weight is 568 g/mol. The molecule has 11 heteroatoms. The van der Waals surface area contributed by atoms with Gasteiger partial charge in [0.25, 0.3) is 0 Å². The van der Waals surface area contributed by atoms with Crippen molar-refractivity contribution in [3.63, 3.8) is 0 Å². The van der Waals surface area contributed by atoms with Crippen LogP contribution in [-0.4, -0.2) is 102 Å². The zero-order valence-corrected chi connectivity index (χ0v) is 22.6. The number of fused-ring (bicyclic) bond motifs is 2. The molecule has 5 rings (SSSR count). The topological polar surface area (TPSA) is 79.6 Å². The monoisotopic (exact) mass is 567 g/mol. The van der Waals surface area contributed by atoms with Gasteiger partial charge in [-0.2, -0.15) is 13.2 Å². The summed E-state index contributed by atoms with van der Waals surface area (Å²) in [6.07, 6.45) is -5.32. The summed E-state index contributed by atoms with van der Waals surface area (Å²) in [4.78, 5) is 8.67. The fraction of sp³-hybridized carbons (Fsp3) is 0.571. The van der Waals surface area contributed by atoms with Gasteiger partial charge in [0.15, 0.2) is 0 Å². The zero-order valence-electron chi connectivity index (χ0n) is 21.8. The number of aliphatic hydroxyl groups is 3. The first-order valence-electron chi connectivity index (χ1n) is 13.6. The van der Waals surface area contributed by atoms with E-state index in [0.29, 0.717) is 18.7 Å². The van der Waals surface area contributed by atoms with Crippen LogP contribution < -0.4 is 4.90 Å². The van der Waals surface area contributed by atoms with Gasteiger partial charge in [-0.15, -0.1) is 0 Å². The van der Waals surface area contributed by atoms with E-state index in [-0.39, 0.29) is 12.7 Å². The van der Waals surface area contributed by atoms with Crippen molar-refractivity contribution in [2.24, 2.45) is 0 Å². The van der Waals surface area contributed by atoms with Crippen molar-refractivity contribution < 1.29 is 33.2 Å². The van der Waals surface area contributed by atoms with E-state index in [4.69, 9.17) is 4.74 Å². The minimum atomic E-state index is -4.38. The lowest BCUT2D eigenvalue weighted by Crippen LogP contribution is -2.51. The SMILES string of the molecule is OCC1O[C@H](CCN2CCN(CCCN3c4ccccc4Sc4ccc(C(F)(F)F)cc43)CC2)CC(O)[C@@H]1O. The molecule has 3 aliphatic rings. The molecule has 3 aliphatic heterocycles. The van der Waals surface area contributed by atoms with Crippen LogP contribution in [0.25, 0.3) is 0 Å². The summed E-state index contributed by atoms with van der Waals surface area (Å²) in [5, 5.41) is 29.3. The second-order valence-corrected chi connectivity index (χ2v) is 11.6. The van der Waals surface area contributed by atoms with Gasteiger partial charge in [-0.25, -0.2) is 0 Å². The minimum Gasteiger partial charge on any atom is -0.394 e. The van der Waals surface area contributed by atoms with Gasteiger partial charge in [-0.05, 0) is 49.7 Å². The Morgan fingerprint density at radius 1 is 0.897 bits per heavy atom. The van der Waals surface area contributed by atoms with Gasteiger partial charge >= 0.3 is 6.18 Å². The second-order valence-electron chi connectivity index (χ2n) is 10.5. The first-order chi connectivity index (χ1) is 18.7. The fourth-order valence-electron chi connectivity index (χ4n) is 5.64. The Morgan fingerprint density at radius 3 is 2.31 bits per heavy atom. The maximum atomic E-state index is 13.5. The minimum absolute atomic E-state index is 0.190. The third-order valence-electron chi connectivity index (χ3n) is 7.87. The number of hydrogen-bond donors (Lipinski definition) is 3. The molecule has 2 unspecified atom stereocenters. The van der Waals surface area contributed by atoms with E-state index in [2.05, 4.69) is 9.80 Å². The van der Waals surface area contributed by atoms with E-state index in [1.54, 1.807) is 6.07 Å². The molecule has 2 aromatic carbocycles. The van der Waals surface area contributed by atoms with Crippen LogP contribution >= 0.6 is 11.8 Å². The molecule has 39 heavy (non-hydrogen) atoms. The molecule has 3 N–H and O–H groups in total. The number of aliphatic hydroxyl groups excluding tert-OH is 3. The lowest BCUT2D eigenvalue weighted by Gasteiger charge is -2.39. The number of benzene rings is 2. The largest absolute Gasteiger partial charge is 0.416 e. The molecule has 4 atom stereocenters. The molecule has 2 saturated heterocycles. The van der Waals surface area contributed by atoms with Crippen LogP contribution in [-0.2, 0) is 10.9 Å². The van der Waals surface area contributed by atoms with Gasteiger partial charge in [-0.1, -0.05) is 23.9 Å². The second kappa shape index (κ2) is 12.3. The normalized spacial score (nSPS) is 26.4. The van der Waals surface area contributed by atoms with E-state index >= 15 is 0 Å². The van der Waals surface area contributed by atoms with Crippen LogP contribution in [0.15, 0.2) is 52.3 Å². The van der Waals surface area contributed by atoms with E-state index in [0.717, 1.165) is 73.7 Å². The van der Waals surface area contributed by atoms with Gasteiger partial charge in [0, 0.05) is 55.5 Å². The lowest BCUT2D eigenvalue weighted by atomic mass is 9.96. The molecule has 0 spiro atoms. The van der Waals surface area contributed by atoms with Crippen molar-refractivity contribution in [3.05, 3.63) is 48.0 Å². The summed E-state index contributed by atoms with van der Waals surface area (Å²) in [7, 11) is 0. The molecule has 3 heterocycles. The Hall–Kier alpha value is -1.86. The van der Waals surface area contributed by atoms with Crippen LogP contribution in [0, 0.1) is 0 Å². The number of hydrogen-bond acceptors (Lipinski definition) is 8. The van der Waals surface area contributed by atoms with Crippen LogP contribution in [0.2, 0.25) is 0 Å². The number of piperazine rings is 1. The first-order valence-corrected chi connectivity index (χ1v) is 14.4.